The summed E-state index contributed by atoms with van der Waals surface area (Å²) in [5.74, 6) is 9.25. The molecule has 0 amide bonds. The van der Waals surface area contributed by atoms with Crippen molar-refractivity contribution >= 4 is 45.5 Å². The summed E-state index contributed by atoms with van der Waals surface area (Å²) in [6.07, 6.45) is 0. The second-order valence-corrected chi connectivity index (χ2v) is 13.6. The molecule has 1 heterocycles. The third-order valence-corrected chi connectivity index (χ3v) is 11.7. The van der Waals surface area contributed by atoms with Crippen molar-refractivity contribution in [3.63, 3.8) is 0 Å². The molecule has 0 unspecified atom stereocenters. The van der Waals surface area contributed by atoms with E-state index in [0.29, 0.717) is 27.0 Å². The van der Waals surface area contributed by atoms with Crippen LogP contribution in [0, 0.1) is 51.2 Å². The number of nitro benzene ring substituents is 1. The summed E-state index contributed by atoms with van der Waals surface area (Å²) in [5, 5.41) is 12.9. The van der Waals surface area contributed by atoms with Crippen LogP contribution in [0.2, 0.25) is 0 Å². The van der Waals surface area contributed by atoms with E-state index >= 15 is 0 Å². The van der Waals surface area contributed by atoms with Crippen molar-refractivity contribution < 1.29 is 27.6 Å². The number of nitro groups is 1. The molecule has 0 spiro atoms. The highest BCUT2D eigenvalue weighted by molar-refractivity contribution is 7.97. The molecule has 6 rings (SSSR count). The van der Waals surface area contributed by atoms with Crippen molar-refractivity contribution in [2.24, 2.45) is 0 Å². The second kappa shape index (κ2) is 13.1. The van der Waals surface area contributed by atoms with Crippen molar-refractivity contribution in [3.8, 4) is 23.7 Å². The van der Waals surface area contributed by atoms with Gasteiger partial charge < -0.3 is 4.74 Å². The van der Waals surface area contributed by atoms with Crippen LogP contribution in [-0.4, -0.2) is 16.2 Å². The van der Waals surface area contributed by atoms with E-state index in [2.05, 4.69) is 23.7 Å². The molecule has 5 nitrogen and oxygen atoms in total. The van der Waals surface area contributed by atoms with Crippen LogP contribution in [-0.2, 0) is 9.53 Å². The van der Waals surface area contributed by atoms with E-state index in [-0.39, 0.29) is 22.3 Å². The van der Waals surface area contributed by atoms with Crippen LogP contribution in [0.4, 0.5) is 18.9 Å². The van der Waals surface area contributed by atoms with Gasteiger partial charge in [0, 0.05) is 23.3 Å². The van der Waals surface area contributed by atoms with E-state index in [9.17, 15) is 28.1 Å². The van der Waals surface area contributed by atoms with E-state index in [4.69, 9.17) is 4.74 Å². The van der Waals surface area contributed by atoms with Gasteiger partial charge in [0.25, 0.3) is 5.69 Å². The first-order valence-corrected chi connectivity index (χ1v) is 15.9. The van der Waals surface area contributed by atoms with Gasteiger partial charge in [-0.15, -0.1) is 0 Å². The van der Waals surface area contributed by atoms with E-state index in [1.54, 1.807) is 0 Å². The number of nitrogens with zero attached hydrogens (tertiary/aromatic N) is 1. The first-order valence-electron chi connectivity index (χ1n) is 14.1. The van der Waals surface area contributed by atoms with Gasteiger partial charge in [-0.1, -0.05) is 60.5 Å². The minimum Gasteiger partial charge on any atom is -0.421 e. The molecule has 0 atom stereocenters. The highest BCUT2D eigenvalue weighted by Crippen LogP contribution is 2.50. The Kier molecular flexibility index (Phi) is 8.62. The van der Waals surface area contributed by atoms with Gasteiger partial charge in [0.15, 0.2) is 5.76 Å². The predicted octanol–water partition coefficient (Wildman–Crippen LogP) is 6.50. The smallest absolute Gasteiger partial charge is 0.346 e. The number of halogens is 3. The van der Waals surface area contributed by atoms with E-state index in [0.717, 1.165) is 0 Å². The maximum atomic E-state index is 14.4. The van der Waals surface area contributed by atoms with Crippen molar-refractivity contribution in [1.82, 2.24) is 0 Å². The lowest BCUT2D eigenvalue weighted by atomic mass is 10.1. The van der Waals surface area contributed by atoms with Gasteiger partial charge in [-0.05, 0) is 101 Å². The average molecular weight is 644 g/mol. The fourth-order valence-electron chi connectivity index (χ4n) is 5.31. The Morgan fingerprint density at radius 3 is 1.55 bits per heavy atom. The first-order chi connectivity index (χ1) is 22.8. The lowest BCUT2D eigenvalue weighted by Crippen LogP contribution is -2.33. The molecule has 5 aromatic rings. The normalized spacial score (nSPS) is 12.5. The molecule has 0 aromatic heterocycles. The molecule has 0 radical (unpaired) electrons. The Labute approximate surface area is 268 Å². The number of esters is 1. The number of carbonyl (C=O) groups excluding carboxylic acids is 1. The molecule has 0 saturated carbocycles. The summed E-state index contributed by atoms with van der Waals surface area (Å²) in [6.45, 7) is -3.44. The van der Waals surface area contributed by atoms with Gasteiger partial charge in [0.1, 0.15) is 17.5 Å². The summed E-state index contributed by atoms with van der Waals surface area (Å²) in [7, 11) is 0. The molecule has 0 N–H and O–H groups in total. The fraction of sp³-hybridized carbons (Fsp3) is 0. The van der Waals surface area contributed by atoms with Crippen LogP contribution in [0.3, 0.4) is 0 Å². The molecule has 0 saturated heterocycles. The van der Waals surface area contributed by atoms with Gasteiger partial charge in [-0.25, -0.2) is 18.0 Å². The van der Waals surface area contributed by atoms with Crippen LogP contribution in [0.5, 0.6) is 0 Å². The Bertz CT molecular complexity index is 2110. The lowest BCUT2D eigenvalue weighted by molar-refractivity contribution is -0.384. The Morgan fingerprint density at radius 1 is 0.617 bits per heavy atom. The summed E-state index contributed by atoms with van der Waals surface area (Å²) in [4.78, 5) is 25.1. The topological polar surface area (TPSA) is 69.4 Å². The second-order valence-electron chi connectivity index (χ2n) is 10.2. The molecule has 0 fully saturated rings. The molecular formula is C38H21F3NO4P. The quantitative estimate of drug-likeness (QED) is 0.0721. The van der Waals surface area contributed by atoms with Gasteiger partial charge in [0.2, 0.25) is 0 Å². The molecule has 0 aliphatic carbocycles. The Morgan fingerprint density at radius 2 is 1.09 bits per heavy atom. The largest absolute Gasteiger partial charge is 0.421 e. The number of rotatable bonds is 5. The zero-order chi connectivity index (χ0) is 33.0. The molecule has 228 valence electrons. The SMILES string of the molecule is O=C1OC(c2ccc([N+](=O)[O-])cc2)=C(C#CC#Cc2ccccc2)C1=P(c1ccc(F)cc1)(c1ccc(F)cc1)c1ccc(F)cc1. The van der Waals surface area contributed by atoms with E-state index < -0.39 is 35.2 Å². The summed E-state index contributed by atoms with van der Waals surface area (Å²) >= 11 is 0. The van der Waals surface area contributed by atoms with E-state index in [1.165, 1.54) is 97.1 Å². The Balaban J connectivity index is 1.76. The minimum absolute atomic E-state index is 0.0321. The highest BCUT2D eigenvalue weighted by atomic mass is 31.2. The number of carbonyl (C=O) groups is 1. The molecular weight excluding hydrogens is 622 g/mol. The fourth-order valence-corrected chi connectivity index (χ4v) is 9.58. The number of hydrogen-bond donors (Lipinski definition) is 0. The van der Waals surface area contributed by atoms with Crippen molar-refractivity contribution in [2.75, 3.05) is 0 Å². The molecule has 9 heteroatoms. The van der Waals surface area contributed by atoms with Crippen LogP contribution < -0.4 is 15.9 Å². The molecule has 1 aliphatic heterocycles. The zero-order valence-electron chi connectivity index (χ0n) is 24.3. The molecule has 5 aromatic carbocycles. The van der Waals surface area contributed by atoms with Crippen LogP contribution in [0.15, 0.2) is 133 Å². The van der Waals surface area contributed by atoms with Crippen LogP contribution in [0.1, 0.15) is 11.1 Å². The third-order valence-electron chi connectivity index (χ3n) is 7.40. The summed E-state index contributed by atoms with van der Waals surface area (Å²) in [6, 6.07) is 31.2. The first kappa shape index (κ1) is 30.9. The molecule has 47 heavy (non-hydrogen) atoms. The number of cyclic esters (lactones) is 1. The standard InChI is InChI=1S/C38H21F3NO4P/c39-28-12-20-32(21-13-28)47(33-22-14-29(40)15-23-33,34-24-16-30(41)17-25-34)37-35(9-5-4-8-26-6-2-1-3-7-26)36(46-38(37)43)27-10-18-31(19-11-27)42(44)45/h1-3,6-7,10-25H. The lowest BCUT2D eigenvalue weighted by Gasteiger charge is -2.30. The zero-order valence-corrected chi connectivity index (χ0v) is 25.2. The maximum absolute atomic E-state index is 14.4. The van der Waals surface area contributed by atoms with Crippen molar-refractivity contribution in [1.29, 1.82) is 0 Å². The summed E-state index contributed by atoms with van der Waals surface area (Å²) < 4.78 is 49.0. The third kappa shape index (κ3) is 6.11. The van der Waals surface area contributed by atoms with Gasteiger partial charge in [0.05, 0.1) is 15.8 Å². The van der Waals surface area contributed by atoms with Crippen LogP contribution >= 0.6 is 6.89 Å². The number of benzene rings is 5. The molecule has 0 bridgehead atoms. The number of non-ortho nitro benzene ring substituents is 1. The van der Waals surface area contributed by atoms with Gasteiger partial charge in [-0.2, -0.15) is 0 Å². The number of hydrogen-bond acceptors (Lipinski definition) is 4. The minimum atomic E-state index is -3.44. The highest BCUT2D eigenvalue weighted by Gasteiger charge is 2.41. The van der Waals surface area contributed by atoms with Gasteiger partial charge >= 0.3 is 5.97 Å². The Hall–Kier alpha value is -6.08. The van der Waals surface area contributed by atoms with Gasteiger partial charge in [-0.3, -0.25) is 10.1 Å². The van der Waals surface area contributed by atoms with Crippen molar-refractivity contribution in [2.45, 2.75) is 0 Å². The molecule has 1 aliphatic rings. The van der Waals surface area contributed by atoms with Crippen molar-refractivity contribution in [3.05, 3.63) is 172 Å². The van der Waals surface area contributed by atoms with E-state index in [1.807, 2.05) is 30.3 Å². The number of ether oxygens (including phenoxy) is 1. The van der Waals surface area contributed by atoms with Crippen LogP contribution in [0.25, 0.3) is 5.76 Å². The predicted molar refractivity (Wildman–Crippen MR) is 177 cm³/mol. The summed E-state index contributed by atoms with van der Waals surface area (Å²) in [5.41, 5.74) is 1.00. The monoisotopic (exact) mass is 643 g/mol. The maximum Gasteiger partial charge on any atom is 0.346 e. The average Bonchev–Trinajstić information content (AvgIpc) is 3.42.